The summed E-state index contributed by atoms with van der Waals surface area (Å²) in [6, 6.07) is 12.1. The Morgan fingerprint density at radius 1 is 1.30 bits per heavy atom. The largest absolute Gasteiger partial charge is 0.497 e. The van der Waals surface area contributed by atoms with Gasteiger partial charge in [0.1, 0.15) is 5.75 Å². The van der Waals surface area contributed by atoms with Crippen molar-refractivity contribution < 1.29 is 14.1 Å². The van der Waals surface area contributed by atoms with E-state index in [0.717, 1.165) is 5.56 Å². The quantitative estimate of drug-likeness (QED) is 0.437. The van der Waals surface area contributed by atoms with E-state index in [1.54, 1.807) is 49.6 Å². The fourth-order valence-electron chi connectivity index (χ4n) is 2.13. The molecule has 0 radical (unpaired) electrons. The Morgan fingerprint density at radius 3 is 2.78 bits per heavy atom. The molecule has 1 amide bonds. The molecule has 7 heteroatoms. The summed E-state index contributed by atoms with van der Waals surface area (Å²) in [4.78, 5) is 12.3. The number of fused-ring (bicyclic) bond motifs is 1. The van der Waals surface area contributed by atoms with Crippen molar-refractivity contribution in [1.82, 2.24) is 5.16 Å². The van der Waals surface area contributed by atoms with E-state index in [2.05, 4.69) is 15.6 Å². The Hall–Kier alpha value is -3.35. The molecule has 3 aromatic rings. The lowest BCUT2D eigenvalue weighted by atomic mass is 10.1. The molecule has 0 saturated heterocycles. The van der Waals surface area contributed by atoms with Crippen molar-refractivity contribution in [3.05, 3.63) is 53.6 Å². The van der Waals surface area contributed by atoms with Gasteiger partial charge in [0.15, 0.2) is 11.4 Å². The maximum Gasteiger partial charge on any atom is 0.256 e. The third-order valence-corrected chi connectivity index (χ3v) is 3.30. The zero-order valence-electron chi connectivity index (χ0n) is 12.3. The summed E-state index contributed by atoms with van der Waals surface area (Å²) in [7, 11) is 1.57. The van der Waals surface area contributed by atoms with Gasteiger partial charge in [-0.3, -0.25) is 4.79 Å². The van der Waals surface area contributed by atoms with Gasteiger partial charge < -0.3 is 20.4 Å². The first-order valence-electron chi connectivity index (χ1n) is 6.79. The number of hydrazone groups is 1. The Morgan fingerprint density at radius 2 is 2.09 bits per heavy atom. The fraction of sp³-hybridized carbons (Fsp3) is 0.0625. The number of ether oxygens (including phenoxy) is 1. The third kappa shape index (κ3) is 2.98. The number of hydrogen-bond donors (Lipinski definition) is 2. The lowest BCUT2D eigenvalue weighted by Gasteiger charge is -2.04. The number of carbonyl (C=O) groups excluding carboxylic acids is 1. The number of carbonyl (C=O) groups is 1. The average Bonchev–Trinajstić information content (AvgIpc) is 2.97. The van der Waals surface area contributed by atoms with Gasteiger partial charge in [0.05, 0.1) is 18.7 Å². The zero-order chi connectivity index (χ0) is 16.2. The SMILES string of the molecule is COc1ccc(C(=O)Nc2noc3ccc(C=NN)cc23)cc1. The van der Waals surface area contributed by atoms with Crippen molar-refractivity contribution in [1.29, 1.82) is 0 Å². The summed E-state index contributed by atoms with van der Waals surface area (Å²) >= 11 is 0. The standard InChI is InChI=1S/C16H14N4O3/c1-22-12-5-3-11(4-6-12)16(21)19-15-13-8-10(9-18-17)2-7-14(13)23-20-15/h2-9H,17H2,1H3,(H,19,20,21). The average molecular weight is 310 g/mol. The molecule has 0 aliphatic rings. The van der Waals surface area contributed by atoms with Gasteiger partial charge in [-0.1, -0.05) is 5.16 Å². The number of benzene rings is 2. The first-order valence-corrected chi connectivity index (χ1v) is 6.79. The number of nitrogens with zero attached hydrogens (tertiary/aromatic N) is 2. The monoisotopic (exact) mass is 310 g/mol. The van der Waals surface area contributed by atoms with Crippen LogP contribution in [0.15, 0.2) is 52.1 Å². The molecule has 3 N–H and O–H groups in total. The zero-order valence-corrected chi connectivity index (χ0v) is 12.3. The molecule has 116 valence electrons. The highest BCUT2D eigenvalue weighted by molar-refractivity contribution is 6.08. The first-order chi connectivity index (χ1) is 11.2. The molecule has 0 atom stereocenters. The first kappa shape index (κ1) is 14.6. The molecule has 0 aliphatic heterocycles. The number of aromatic nitrogens is 1. The maximum absolute atomic E-state index is 12.3. The van der Waals surface area contributed by atoms with Crippen LogP contribution in [0.2, 0.25) is 0 Å². The van der Waals surface area contributed by atoms with Crippen molar-refractivity contribution in [2.75, 3.05) is 12.4 Å². The van der Waals surface area contributed by atoms with Crippen LogP contribution in [0.25, 0.3) is 11.0 Å². The van der Waals surface area contributed by atoms with Crippen LogP contribution >= 0.6 is 0 Å². The van der Waals surface area contributed by atoms with Gasteiger partial charge in [0.25, 0.3) is 5.91 Å². The van der Waals surface area contributed by atoms with E-state index in [-0.39, 0.29) is 5.91 Å². The van der Waals surface area contributed by atoms with Gasteiger partial charge in [-0.25, -0.2) is 0 Å². The Kier molecular flexibility index (Phi) is 3.92. The molecule has 0 fully saturated rings. The number of nitrogens with two attached hydrogens (primary N) is 1. The molecule has 2 aromatic carbocycles. The van der Waals surface area contributed by atoms with Gasteiger partial charge in [0, 0.05) is 5.56 Å². The normalized spacial score (nSPS) is 11.0. The van der Waals surface area contributed by atoms with Crippen molar-refractivity contribution in [3.8, 4) is 5.75 Å². The highest BCUT2D eigenvalue weighted by Crippen LogP contribution is 2.24. The van der Waals surface area contributed by atoms with Crippen LogP contribution < -0.4 is 15.9 Å². The van der Waals surface area contributed by atoms with Crippen LogP contribution in [0.3, 0.4) is 0 Å². The van der Waals surface area contributed by atoms with Gasteiger partial charge in [-0.05, 0) is 48.0 Å². The van der Waals surface area contributed by atoms with Crippen molar-refractivity contribution in [2.45, 2.75) is 0 Å². The highest BCUT2D eigenvalue weighted by atomic mass is 16.5. The number of methoxy groups -OCH3 is 1. The minimum absolute atomic E-state index is 0.291. The molecular formula is C16H14N4O3. The van der Waals surface area contributed by atoms with Crippen molar-refractivity contribution >= 4 is 28.9 Å². The van der Waals surface area contributed by atoms with Crippen LogP contribution in [0.5, 0.6) is 5.75 Å². The predicted octanol–water partition coefficient (Wildman–Crippen LogP) is 2.38. The van der Waals surface area contributed by atoms with E-state index in [4.69, 9.17) is 15.1 Å². The predicted molar refractivity (Wildman–Crippen MR) is 86.7 cm³/mol. The van der Waals surface area contributed by atoms with E-state index in [1.807, 2.05) is 0 Å². The number of anilines is 1. The van der Waals surface area contributed by atoms with Gasteiger partial charge in [0.2, 0.25) is 0 Å². The van der Waals surface area contributed by atoms with Crippen LogP contribution in [0.4, 0.5) is 5.82 Å². The summed E-state index contributed by atoms with van der Waals surface area (Å²) in [5, 5.41) is 10.8. The summed E-state index contributed by atoms with van der Waals surface area (Å²) < 4.78 is 10.3. The smallest absolute Gasteiger partial charge is 0.256 e. The van der Waals surface area contributed by atoms with Gasteiger partial charge in [-0.2, -0.15) is 5.10 Å². The van der Waals surface area contributed by atoms with Crippen LogP contribution in [0, 0.1) is 0 Å². The fourth-order valence-corrected chi connectivity index (χ4v) is 2.13. The van der Waals surface area contributed by atoms with Crippen molar-refractivity contribution in [3.63, 3.8) is 0 Å². The van der Waals surface area contributed by atoms with Gasteiger partial charge >= 0.3 is 0 Å². The molecule has 0 spiro atoms. The summed E-state index contributed by atoms with van der Waals surface area (Å²) in [6.45, 7) is 0. The molecule has 0 unspecified atom stereocenters. The van der Waals surface area contributed by atoms with E-state index >= 15 is 0 Å². The van der Waals surface area contributed by atoms with Crippen molar-refractivity contribution in [2.24, 2.45) is 10.9 Å². The molecule has 0 saturated carbocycles. The minimum atomic E-state index is -0.291. The lowest BCUT2D eigenvalue weighted by Crippen LogP contribution is -2.12. The third-order valence-electron chi connectivity index (χ3n) is 3.30. The molecule has 1 heterocycles. The summed E-state index contributed by atoms with van der Waals surface area (Å²) in [5.74, 6) is 5.88. The number of amides is 1. The Bertz CT molecular complexity index is 869. The molecule has 3 rings (SSSR count). The molecule has 0 aliphatic carbocycles. The minimum Gasteiger partial charge on any atom is -0.497 e. The molecule has 7 nitrogen and oxygen atoms in total. The maximum atomic E-state index is 12.3. The van der Waals surface area contributed by atoms with Crippen LogP contribution in [0.1, 0.15) is 15.9 Å². The highest BCUT2D eigenvalue weighted by Gasteiger charge is 2.13. The van der Waals surface area contributed by atoms with Gasteiger partial charge in [-0.15, -0.1) is 0 Å². The lowest BCUT2D eigenvalue weighted by molar-refractivity contribution is 0.102. The number of nitrogens with one attached hydrogen (secondary N) is 1. The Balaban J connectivity index is 1.87. The molecule has 1 aromatic heterocycles. The van der Waals surface area contributed by atoms with Crippen LogP contribution in [-0.4, -0.2) is 24.4 Å². The van der Waals surface area contributed by atoms with E-state index < -0.39 is 0 Å². The number of hydrogen-bond acceptors (Lipinski definition) is 6. The van der Waals surface area contributed by atoms with E-state index in [1.165, 1.54) is 6.21 Å². The van der Waals surface area contributed by atoms with E-state index in [9.17, 15) is 4.79 Å². The van der Waals surface area contributed by atoms with E-state index in [0.29, 0.717) is 28.1 Å². The molecule has 23 heavy (non-hydrogen) atoms. The topological polar surface area (TPSA) is 103 Å². The second-order valence-electron chi connectivity index (χ2n) is 4.75. The molecular weight excluding hydrogens is 296 g/mol. The van der Waals surface area contributed by atoms with Crippen LogP contribution in [-0.2, 0) is 0 Å². The molecule has 0 bridgehead atoms. The summed E-state index contributed by atoms with van der Waals surface area (Å²) in [6.07, 6.45) is 1.50. The number of rotatable bonds is 4. The second kappa shape index (κ2) is 6.18. The Labute approximate surface area is 131 Å². The second-order valence-corrected chi connectivity index (χ2v) is 4.75. The summed E-state index contributed by atoms with van der Waals surface area (Å²) in [5.41, 5.74) is 1.83.